The fraction of sp³-hybridized carbons (Fsp3) is 0.250. The van der Waals surface area contributed by atoms with Gasteiger partial charge in [-0.3, -0.25) is 0 Å². The van der Waals surface area contributed by atoms with Crippen molar-refractivity contribution in [2.24, 2.45) is 0 Å². The number of hydrogen-bond acceptors (Lipinski definition) is 5. The highest BCUT2D eigenvalue weighted by Gasteiger charge is 2.04. The van der Waals surface area contributed by atoms with Gasteiger partial charge in [-0.15, -0.1) is 11.3 Å². The van der Waals surface area contributed by atoms with Crippen LogP contribution in [0.4, 0.5) is 5.82 Å². The Labute approximate surface area is 104 Å². The lowest BCUT2D eigenvalue weighted by atomic mass is 10.3. The lowest BCUT2D eigenvalue weighted by Crippen LogP contribution is -2.01. The summed E-state index contributed by atoms with van der Waals surface area (Å²) in [4.78, 5) is 9.72. The topological polar surface area (TPSA) is 61.6 Å². The average molecular weight is 244 g/mol. The van der Waals surface area contributed by atoms with Gasteiger partial charge in [0.2, 0.25) is 0 Å². The third-order valence-electron chi connectivity index (χ3n) is 2.29. The number of hydrogen-bond donors (Lipinski definition) is 1. The van der Waals surface area contributed by atoms with Gasteiger partial charge in [-0.1, -0.05) is 6.07 Å². The van der Waals surface area contributed by atoms with E-state index in [0.29, 0.717) is 12.2 Å². The summed E-state index contributed by atoms with van der Waals surface area (Å²) in [6, 6.07) is 7.38. The average Bonchev–Trinajstić information content (AvgIpc) is 2.65. The van der Waals surface area contributed by atoms with Gasteiger partial charge in [-0.25, -0.2) is 9.97 Å². The van der Waals surface area contributed by atoms with E-state index in [1.807, 2.05) is 32.0 Å². The molecule has 2 heterocycles. The van der Waals surface area contributed by atoms with Crippen LogP contribution in [0.2, 0.25) is 0 Å². The van der Waals surface area contributed by atoms with Crippen LogP contribution in [0.15, 0.2) is 18.2 Å². The summed E-state index contributed by atoms with van der Waals surface area (Å²) in [5.74, 6) is 0.717. The van der Waals surface area contributed by atoms with E-state index in [2.05, 4.69) is 15.3 Å². The summed E-state index contributed by atoms with van der Waals surface area (Å²) in [7, 11) is 0. The normalized spacial score (nSPS) is 9.94. The maximum Gasteiger partial charge on any atom is 0.142 e. The molecule has 2 rings (SSSR count). The van der Waals surface area contributed by atoms with E-state index in [9.17, 15) is 0 Å². The number of aromatic nitrogens is 2. The van der Waals surface area contributed by atoms with Gasteiger partial charge in [0.25, 0.3) is 0 Å². The van der Waals surface area contributed by atoms with E-state index in [-0.39, 0.29) is 0 Å². The smallest absolute Gasteiger partial charge is 0.142 e. The van der Waals surface area contributed by atoms with Crippen LogP contribution in [0, 0.1) is 25.2 Å². The zero-order valence-electron chi connectivity index (χ0n) is 9.69. The molecular formula is C12H12N4S. The fourth-order valence-corrected chi connectivity index (χ4v) is 2.38. The van der Waals surface area contributed by atoms with Crippen LogP contribution in [0.5, 0.6) is 0 Å². The molecule has 0 spiro atoms. The second-order valence-corrected chi connectivity index (χ2v) is 4.90. The molecule has 0 atom stereocenters. The minimum Gasteiger partial charge on any atom is -0.365 e. The third-order valence-corrected chi connectivity index (χ3v) is 3.37. The predicted molar refractivity (Wildman–Crippen MR) is 67.9 cm³/mol. The Morgan fingerprint density at radius 1 is 1.35 bits per heavy atom. The number of pyridine rings is 1. The van der Waals surface area contributed by atoms with E-state index >= 15 is 0 Å². The van der Waals surface area contributed by atoms with Crippen LogP contribution in [-0.2, 0) is 6.54 Å². The standard InChI is InChI=1S/C12H12N4S/c1-8-11(17-9(2)15-8)7-14-12-5-3-4-10(6-13)16-12/h3-5H,7H2,1-2H3,(H,14,16). The quantitative estimate of drug-likeness (QED) is 0.901. The molecule has 0 bridgehead atoms. The molecule has 0 aromatic carbocycles. The van der Waals surface area contributed by atoms with Crippen LogP contribution in [0.3, 0.4) is 0 Å². The first-order chi connectivity index (χ1) is 8.19. The number of nitrogens with zero attached hydrogens (tertiary/aromatic N) is 3. The number of aryl methyl sites for hydroxylation is 2. The van der Waals surface area contributed by atoms with Crippen molar-refractivity contribution in [3.05, 3.63) is 39.5 Å². The zero-order chi connectivity index (χ0) is 12.3. The summed E-state index contributed by atoms with van der Waals surface area (Å²) in [5.41, 5.74) is 1.48. The zero-order valence-corrected chi connectivity index (χ0v) is 10.5. The molecule has 5 heteroatoms. The predicted octanol–water partition coefficient (Wildman–Crippen LogP) is 2.64. The van der Waals surface area contributed by atoms with Gasteiger partial charge in [-0.2, -0.15) is 5.26 Å². The molecule has 2 aromatic rings. The van der Waals surface area contributed by atoms with Crippen molar-refractivity contribution in [3.63, 3.8) is 0 Å². The molecule has 0 fully saturated rings. The first-order valence-electron chi connectivity index (χ1n) is 5.23. The van der Waals surface area contributed by atoms with Gasteiger partial charge in [-0.05, 0) is 26.0 Å². The van der Waals surface area contributed by atoms with Crippen LogP contribution in [-0.4, -0.2) is 9.97 Å². The summed E-state index contributed by atoms with van der Waals surface area (Å²) >= 11 is 1.68. The summed E-state index contributed by atoms with van der Waals surface area (Å²) < 4.78 is 0. The second-order valence-electron chi connectivity index (χ2n) is 3.61. The van der Waals surface area contributed by atoms with Gasteiger partial charge in [0.1, 0.15) is 17.6 Å². The first-order valence-corrected chi connectivity index (χ1v) is 6.04. The van der Waals surface area contributed by atoms with Crippen LogP contribution >= 0.6 is 11.3 Å². The molecule has 2 aromatic heterocycles. The van der Waals surface area contributed by atoms with E-state index < -0.39 is 0 Å². The fourth-order valence-electron chi connectivity index (χ4n) is 1.50. The largest absolute Gasteiger partial charge is 0.365 e. The van der Waals surface area contributed by atoms with E-state index in [0.717, 1.165) is 16.5 Å². The van der Waals surface area contributed by atoms with Crippen molar-refractivity contribution in [2.45, 2.75) is 20.4 Å². The van der Waals surface area contributed by atoms with Gasteiger partial charge in [0, 0.05) is 4.88 Å². The second kappa shape index (κ2) is 4.93. The number of rotatable bonds is 3. The van der Waals surface area contributed by atoms with Crippen LogP contribution < -0.4 is 5.32 Å². The summed E-state index contributed by atoms with van der Waals surface area (Å²) in [6.45, 7) is 4.69. The molecule has 0 radical (unpaired) electrons. The van der Waals surface area contributed by atoms with Gasteiger partial charge in [0.15, 0.2) is 0 Å². The third kappa shape index (κ3) is 2.80. The molecule has 0 aliphatic rings. The molecule has 86 valence electrons. The van der Waals surface area contributed by atoms with E-state index in [1.165, 1.54) is 4.88 Å². The van der Waals surface area contributed by atoms with Crippen molar-refractivity contribution >= 4 is 17.2 Å². The summed E-state index contributed by atoms with van der Waals surface area (Å²) in [6.07, 6.45) is 0. The highest BCUT2D eigenvalue weighted by atomic mass is 32.1. The SMILES string of the molecule is Cc1nc(C)c(CNc2cccc(C#N)n2)s1. The van der Waals surface area contributed by atoms with E-state index in [4.69, 9.17) is 5.26 Å². The van der Waals surface area contributed by atoms with Crippen LogP contribution in [0.25, 0.3) is 0 Å². The highest BCUT2D eigenvalue weighted by Crippen LogP contribution is 2.18. The monoisotopic (exact) mass is 244 g/mol. The van der Waals surface area contributed by atoms with Crippen molar-refractivity contribution in [3.8, 4) is 6.07 Å². The highest BCUT2D eigenvalue weighted by molar-refractivity contribution is 7.11. The van der Waals surface area contributed by atoms with Crippen molar-refractivity contribution in [2.75, 3.05) is 5.32 Å². The first kappa shape index (κ1) is 11.6. The Kier molecular flexibility index (Phi) is 3.35. The van der Waals surface area contributed by atoms with Crippen LogP contribution in [0.1, 0.15) is 21.3 Å². The van der Waals surface area contributed by atoms with Crippen molar-refractivity contribution in [1.82, 2.24) is 9.97 Å². The number of anilines is 1. The lowest BCUT2D eigenvalue weighted by molar-refractivity contribution is 1.08. The van der Waals surface area contributed by atoms with Gasteiger partial charge >= 0.3 is 0 Å². The molecule has 1 N–H and O–H groups in total. The number of nitrogens with one attached hydrogen (secondary N) is 1. The molecule has 0 unspecified atom stereocenters. The van der Waals surface area contributed by atoms with Gasteiger partial charge < -0.3 is 5.32 Å². The molecule has 0 saturated carbocycles. The lowest BCUT2D eigenvalue weighted by Gasteiger charge is -2.04. The van der Waals surface area contributed by atoms with E-state index in [1.54, 1.807) is 17.4 Å². The number of nitriles is 1. The minimum absolute atomic E-state index is 0.423. The Morgan fingerprint density at radius 2 is 2.18 bits per heavy atom. The Morgan fingerprint density at radius 3 is 2.82 bits per heavy atom. The minimum atomic E-state index is 0.423. The molecule has 0 aliphatic carbocycles. The molecular weight excluding hydrogens is 232 g/mol. The molecule has 0 amide bonds. The Balaban J connectivity index is 2.07. The maximum absolute atomic E-state index is 8.75. The molecule has 0 aliphatic heterocycles. The van der Waals surface area contributed by atoms with Crippen molar-refractivity contribution < 1.29 is 0 Å². The van der Waals surface area contributed by atoms with Crippen molar-refractivity contribution in [1.29, 1.82) is 5.26 Å². The molecule has 0 saturated heterocycles. The molecule has 17 heavy (non-hydrogen) atoms. The summed E-state index contributed by atoms with van der Waals surface area (Å²) in [5, 5.41) is 13.0. The molecule has 4 nitrogen and oxygen atoms in total. The van der Waals surface area contributed by atoms with Gasteiger partial charge in [0.05, 0.1) is 17.2 Å². The Bertz CT molecular complexity index is 568. The maximum atomic E-state index is 8.75. The number of thiazole rings is 1. The Hall–Kier alpha value is -1.93.